The van der Waals surface area contributed by atoms with Gasteiger partial charge in [0.05, 0.1) is 14.2 Å². The van der Waals surface area contributed by atoms with Crippen LogP contribution in [0, 0.1) is 0 Å². The van der Waals surface area contributed by atoms with Crippen LogP contribution in [0.15, 0.2) is 18.2 Å². The van der Waals surface area contributed by atoms with Gasteiger partial charge in [0.2, 0.25) is 0 Å². The first-order valence-electron chi connectivity index (χ1n) is 7.26. The van der Waals surface area contributed by atoms with E-state index in [9.17, 15) is 0 Å². The number of benzene rings is 1. The molecule has 1 saturated carbocycles. The van der Waals surface area contributed by atoms with Crippen molar-refractivity contribution in [3.05, 3.63) is 23.8 Å². The zero-order chi connectivity index (χ0) is 13.3. The maximum Gasteiger partial charge on any atom is 0.161 e. The van der Waals surface area contributed by atoms with E-state index in [1.807, 2.05) is 6.07 Å². The monoisotopic (exact) mass is 261 g/mol. The minimum atomic E-state index is 0.317. The average Bonchev–Trinajstić information content (AvgIpc) is 2.91. The Bertz CT molecular complexity index is 460. The number of methoxy groups -OCH3 is 2. The fraction of sp³-hybridized carbons (Fsp3) is 0.625. The minimum Gasteiger partial charge on any atom is -0.493 e. The number of ether oxygens (including phenoxy) is 2. The Labute approximate surface area is 115 Å². The molecule has 1 aromatic rings. The molecule has 0 amide bonds. The molecule has 19 heavy (non-hydrogen) atoms. The molecule has 3 rings (SSSR count). The van der Waals surface area contributed by atoms with Crippen molar-refractivity contribution in [2.24, 2.45) is 0 Å². The van der Waals surface area contributed by atoms with Crippen LogP contribution >= 0.6 is 0 Å². The Morgan fingerprint density at radius 1 is 1.11 bits per heavy atom. The summed E-state index contributed by atoms with van der Waals surface area (Å²) in [5.41, 5.74) is 1.73. The summed E-state index contributed by atoms with van der Waals surface area (Å²) in [6.07, 6.45) is 6.53. The van der Waals surface area contributed by atoms with Crippen molar-refractivity contribution in [3.63, 3.8) is 0 Å². The van der Waals surface area contributed by atoms with Gasteiger partial charge in [-0.25, -0.2) is 0 Å². The Hall–Kier alpha value is -1.22. The van der Waals surface area contributed by atoms with Crippen molar-refractivity contribution in [3.8, 4) is 11.5 Å². The zero-order valence-electron chi connectivity index (χ0n) is 11.9. The fourth-order valence-corrected chi connectivity index (χ4v) is 3.94. The molecule has 1 aliphatic heterocycles. The molecule has 2 fully saturated rings. The van der Waals surface area contributed by atoms with Crippen molar-refractivity contribution in [1.29, 1.82) is 0 Å². The van der Waals surface area contributed by atoms with Crippen LogP contribution in [-0.2, 0) is 5.41 Å². The molecule has 1 N–H and O–H groups in total. The second-order valence-corrected chi connectivity index (χ2v) is 5.73. The molecule has 104 valence electrons. The van der Waals surface area contributed by atoms with Gasteiger partial charge in [-0.1, -0.05) is 18.9 Å². The van der Waals surface area contributed by atoms with Gasteiger partial charge in [-0.3, -0.25) is 0 Å². The molecule has 0 unspecified atom stereocenters. The molecule has 0 aromatic heterocycles. The summed E-state index contributed by atoms with van der Waals surface area (Å²) in [4.78, 5) is 0. The van der Waals surface area contributed by atoms with Crippen LogP contribution in [0.3, 0.4) is 0 Å². The third-order valence-electron chi connectivity index (χ3n) is 4.95. The van der Waals surface area contributed by atoms with Crippen LogP contribution in [0.2, 0.25) is 0 Å². The normalized spacial score (nSPS) is 29.9. The Morgan fingerprint density at radius 2 is 1.95 bits per heavy atom. The van der Waals surface area contributed by atoms with Crippen LogP contribution in [0.1, 0.15) is 37.7 Å². The SMILES string of the molecule is COc1ccc([C@@]23CCCC[C@H]2NCC3)cc1OC. The summed E-state index contributed by atoms with van der Waals surface area (Å²) < 4.78 is 10.8. The lowest BCUT2D eigenvalue weighted by atomic mass is 9.66. The average molecular weight is 261 g/mol. The van der Waals surface area contributed by atoms with E-state index in [2.05, 4.69) is 17.4 Å². The van der Waals surface area contributed by atoms with Gasteiger partial charge in [-0.2, -0.15) is 0 Å². The van der Waals surface area contributed by atoms with Gasteiger partial charge < -0.3 is 14.8 Å². The summed E-state index contributed by atoms with van der Waals surface area (Å²) in [6.45, 7) is 1.14. The van der Waals surface area contributed by atoms with Gasteiger partial charge in [0.1, 0.15) is 0 Å². The van der Waals surface area contributed by atoms with Gasteiger partial charge in [-0.15, -0.1) is 0 Å². The van der Waals surface area contributed by atoms with Crippen LogP contribution in [0.5, 0.6) is 11.5 Å². The maximum atomic E-state index is 5.47. The Balaban J connectivity index is 2.00. The predicted octanol–water partition coefficient (Wildman–Crippen LogP) is 2.88. The van der Waals surface area contributed by atoms with Crippen LogP contribution in [-0.4, -0.2) is 26.8 Å². The Morgan fingerprint density at radius 3 is 2.74 bits per heavy atom. The maximum absolute atomic E-state index is 5.47. The predicted molar refractivity (Wildman–Crippen MR) is 76.1 cm³/mol. The summed E-state index contributed by atoms with van der Waals surface area (Å²) in [5, 5.41) is 3.69. The second kappa shape index (κ2) is 5.04. The molecule has 1 aromatic carbocycles. The second-order valence-electron chi connectivity index (χ2n) is 5.73. The number of hydrogen-bond acceptors (Lipinski definition) is 3. The van der Waals surface area contributed by atoms with E-state index in [4.69, 9.17) is 9.47 Å². The van der Waals surface area contributed by atoms with Crippen molar-refractivity contribution < 1.29 is 9.47 Å². The number of hydrogen-bond donors (Lipinski definition) is 1. The van der Waals surface area contributed by atoms with Gasteiger partial charge in [0, 0.05) is 11.5 Å². The molecule has 3 heteroatoms. The third kappa shape index (κ3) is 2.00. The molecule has 0 radical (unpaired) electrons. The summed E-state index contributed by atoms with van der Waals surface area (Å²) >= 11 is 0. The standard InChI is InChI=1S/C16H23NO2/c1-18-13-7-6-12(11-14(13)19-2)16-8-4-3-5-15(16)17-10-9-16/h6-7,11,15,17H,3-5,8-10H2,1-2H3/t15-,16+/m1/s1. The molecule has 0 bridgehead atoms. The van der Waals surface area contributed by atoms with Crippen molar-refractivity contribution in [2.75, 3.05) is 20.8 Å². The highest BCUT2D eigenvalue weighted by Gasteiger charge is 2.45. The van der Waals surface area contributed by atoms with Gasteiger partial charge in [0.15, 0.2) is 11.5 Å². The van der Waals surface area contributed by atoms with Crippen LogP contribution in [0.4, 0.5) is 0 Å². The van der Waals surface area contributed by atoms with E-state index < -0.39 is 0 Å². The molecule has 1 aliphatic carbocycles. The smallest absolute Gasteiger partial charge is 0.161 e. The molecule has 3 nitrogen and oxygen atoms in total. The molecule has 1 heterocycles. The minimum absolute atomic E-state index is 0.317. The number of fused-ring (bicyclic) bond motifs is 1. The lowest BCUT2D eigenvalue weighted by Crippen LogP contribution is -2.42. The highest BCUT2D eigenvalue weighted by Crippen LogP contribution is 2.46. The molecule has 2 atom stereocenters. The first-order valence-corrected chi connectivity index (χ1v) is 7.26. The van der Waals surface area contributed by atoms with E-state index in [0.717, 1.165) is 18.0 Å². The summed E-state index contributed by atoms with van der Waals surface area (Å²) in [6, 6.07) is 7.10. The Kier molecular flexibility index (Phi) is 3.40. The first-order chi connectivity index (χ1) is 9.30. The van der Waals surface area contributed by atoms with Crippen molar-refractivity contribution >= 4 is 0 Å². The third-order valence-corrected chi connectivity index (χ3v) is 4.95. The van der Waals surface area contributed by atoms with E-state index in [0.29, 0.717) is 11.5 Å². The summed E-state index contributed by atoms with van der Waals surface area (Å²) in [5.74, 6) is 1.67. The van der Waals surface area contributed by atoms with Gasteiger partial charge in [0.25, 0.3) is 0 Å². The lowest BCUT2D eigenvalue weighted by molar-refractivity contribution is 0.265. The highest BCUT2D eigenvalue weighted by atomic mass is 16.5. The van der Waals surface area contributed by atoms with Crippen molar-refractivity contribution in [1.82, 2.24) is 5.32 Å². The zero-order valence-corrected chi connectivity index (χ0v) is 11.9. The van der Waals surface area contributed by atoms with Crippen LogP contribution in [0.25, 0.3) is 0 Å². The highest BCUT2D eigenvalue weighted by molar-refractivity contribution is 5.46. The fourth-order valence-electron chi connectivity index (χ4n) is 3.94. The molecule has 2 aliphatic rings. The van der Waals surface area contributed by atoms with Gasteiger partial charge in [-0.05, 0) is 43.5 Å². The van der Waals surface area contributed by atoms with E-state index in [1.165, 1.54) is 37.7 Å². The lowest BCUT2D eigenvalue weighted by Gasteiger charge is -2.39. The topological polar surface area (TPSA) is 30.5 Å². The quantitative estimate of drug-likeness (QED) is 0.907. The first kappa shape index (κ1) is 12.8. The van der Waals surface area contributed by atoms with Crippen LogP contribution < -0.4 is 14.8 Å². The van der Waals surface area contributed by atoms with Crippen molar-refractivity contribution in [2.45, 2.75) is 43.6 Å². The number of rotatable bonds is 3. The number of nitrogens with one attached hydrogen (secondary N) is 1. The van der Waals surface area contributed by atoms with Gasteiger partial charge >= 0.3 is 0 Å². The summed E-state index contributed by atoms with van der Waals surface area (Å²) in [7, 11) is 3.40. The molecular weight excluding hydrogens is 238 g/mol. The van der Waals surface area contributed by atoms with E-state index in [1.54, 1.807) is 14.2 Å². The van der Waals surface area contributed by atoms with E-state index >= 15 is 0 Å². The van der Waals surface area contributed by atoms with E-state index in [-0.39, 0.29) is 0 Å². The molecular formula is C16H23NO2. The largest absolute Gasteiger partial charge is 0.493 e. The molecule has 0 spiro atoms. The molecule has 1 saturated heterocycles.